The molecule has 1 aromatic carbocycles. The summed E-state index contributed by atoms with van der Waals surface area (Å²) in [5.74, 6) is 0.185. The highest BCUT2D eigenvalue weighted by Crippen LogP contribution is 2.31. The van der Waals surface area contributed by atoms with E-state index >= 15 is 0 Å². The van der Waals surface area contributed by atoms with Gasteiger partial charge in [-0.2, -0.15) is 0 Å². The Balaban J connectivity index is 1.85. The van der Waals surface area contributed by atoms with Gasteiger partial charge in [-0.1, -0.05) is 6.07 Å². The molecule has 0 saturated heterocycles. The summed E-state index contributed by atoms with van der Waals surface area (Å²) in [6, 6.07) is 5.16. The van der Waals surface area contributed by atoms with Crippen LogP contribution in [0.4, 0.5) is 10.8 Å². The Kier molecular flexibility index (Phi) is 3.79. The Hall–Kier alpha value is -2.08. The Morgan fingerprint density at radius 1 is 1.38 bits per heavy atom. The number of nitrogens with one attached hydrogen (secondary N) is 1. The van der Waals surface area contributed by atoms with E-state index in [0.717, 1.165) is 18.5 Å². The van der Waals surface area contributed by atoms with Gasteiger partial charge in [0, 0.05) is 10.6 Å². The fourth-order valence-electron chi connectivity index (χ4n) is 2.53. The zero-order valence-electron chi connectivity index (χ0n) is 11.8. The molecule has 1 amide bonds. The average Bonchev–Trinajstić information content (AvgIpc) is 2.88. The zero-order valence-corrected chi connectivity index (χ0v) is 12.6. The summed E-state index contributed by atoms with van der Waals surface area (Å²) in [5.41, 5.74) is 7.76. The molecule has 5 nitrogen and oxygen atoms in total. The van der Waals surface area contributed by atoms with Gasteiger partial charge in [-0.05, 0) is 37.8 Å². The summed E-state index contributed by atoms with van der Waals surface area (Å²) in [5, 5.41) is 3.48. The summed E-state index contributed by atoms with van der Waals surface area (Å²) in [6.45, 7) is 0. The molecular formula is C15H17N3O2S. The van der Waals surface area contributed by atoms with Crippen LogP contribution in [0.25, 0.3) is 0 Å². The van der Waals surface area contributed by atoms with E-state index in [9.17, 15) is 4.79 Å². The number of rotatable bonds is 3. The summed E-state index contributed by atoms with van der Waals surface area (Å²) < 4.78 is 5.21. The third-order valence-corrected chi connectivity index (χ3v) is 4.64. The molecule has 0 spiro atoms. The lowest BCUT2D eigenvalue weighted by atomic mass is 10.0. The van der Waals surface area contributed by atoms with Crippen LogP contribution in [0.1, 0.15) is 33.8 Å². The van der Waals surface area contributed by atoms with Crippen molar-refractivity contribution in [3.8, 4) is 5.75 Å². The Morgan fingerprint density at radius 3 is 2.95 bits per heavy atom. The van der Waals surface area contributed by atoms with Gasteiger partial charge in [0.1, 0.15) is 11.3 Å². The van der Waals surface area contributed by atoms with Crippen molar-refractivity contribution in [3.63, 3.8) is 0 Å². The summed E-state index contributed by atoms with van der Waals surface area (Å²) in [7, 11) is 1.52. The molecule has 0 unspecified atom stereocenters. The Bertz CT molecular complexity index is 658. The maximum atomic E-state index is 12.4. The molecule has 1 heterocycles. The fraction of sp³-hybridized carbons (Fsp3) is 0.333. The topological polar surface area (TPSA) is 77.2 Å². The first-order valence-electron chi connectivity index (χ1n) is 6.91. The fourth-order valence-corrected chi connectivity index (χ4v) is 3.57. The number of nitrogen functional groups attached to an aromatic ring is 1. The minimum Gasteiger partial charge on any atom is -0.496 e. The van der Waals surface area contributed by atoms with Crippen LogP contribution in [0.5, 0.6) is 5.75 Å². The molecular weight excluding hydrogens is 286 g/mol. The van der Waals surface area contributed by atoms with E-state index < -0.39 is 0 Å². The molecule has 0 fully saturated rings. The standard InChI is InChI=1S/C15H17N3O2S/c1-20-11-7-4-5-9(16)13(11)14(19)18-15-17-10-6-2-3-8-12(10)21-15/h4-5,7H,2-3,6,8,16H2,1H3,(H,17,18,19). The van der Waals surface area contributed by atoms with Crippen LogP contribution >= 0.6 is 11.3 Å². The van der Waals surface area contributed by atoms with Crippen molar-refractivity contribution in [2.24, 2.45) is 0 Å². The smallest absolute Gasteiger partial charge is 0.263 e. The van der Waals surface area contributed by atoms with Crippen molar-refractivity contribution in [2.75, 3.05) is 18.2 Å². The number of anilines is 2. The monoisotopic (exact) mass is 303 g/mol. The summed E-state index contributed by atoms with van der Waals surface area (Å²) in [6.07, 6.45) is 4.42. The van der Waals surface area contributed by atoms with Crippen molar-refractivity contribution >= 4 is 28.1 Å². The van der Waals surface area contributed by atoms with Crippen LogP contribution in [0.15, 0.2) is 18.2 Å². The minimum atomic E-state index is -0.281. The van der Waals surface area contributed by atoms with E-state index in [1.54, 1.807) is 29.5 Å². The third kappa shape index (κ3) is 2.71. The van der Waals surface area contributed by atoms with Crippen molar-refractivity contribution < 1.29 is 9.53 Å². The Labute approximate surface area is 127 Å². The number of nitrogens with two attached hydrogens (primary N) is 1. The molecule has 3 rings (SSSR count). The second kappa shape index (κ2) is 5.73. The number of hydrogen-bond acceptors (Lipinski definition) is 5. The van der Waals surface area contributed by atoms with Crippen LogP contribution in [-0.4, -0.2) is 18.0 Å². The molecule has 1 aromatic heterocycles. The van der Waals surface area contributed by atoms with E-state index in [4.69, 9.17) is 10.5 Å². The molecule has 6 heteroatoms. The van der Waals surface area contributed by atoms with Crippen molar-refractivity contribution in [1.29, 1.82) is 0 Å². The molecule has 0 bridgehead atoms. The highest BCUT2D eigenvalue weighted by Gasteiger charge is 2.20. The second-order valence-electron chi connectivity index (χ2n) is 4.97. The van der Waals surface area contributed by atoms with Gasteiger partial charge in [-0.3, -0.25) is 10.1 Å². The maximum absolute atomic E-state index is 12.4. The lowest BCUT2D eigenvalue weighted by Crippen LogP contribution is -2.15. The number of aromatic nitrogens is 1. The molecule has 0 radical (unpaired) electrons. The predicted octanol–water partition coefficient (Wildman–Crippen LogP) is 2.87. The molecule has 21 heavy (non-hydrogen) atoms. The highest BCUT2D eigenvalue weighted by molar-refractivity contribution is 7.15. The molecule has 110 valence electrons. The van der Waals surface area contributed by atoms with Crippen LogP contribution in [0.2, 0.25) is 0 Å². The Morgan fingerprint density at radius 2 is 2.19 bits per heavy atom. The number of fused-ring (bicyclic) bond motifs is 1. The van der Waals surface area contributed by atoms with Gasteiger partial charge in [0.05, 0.1) is 12.8 Å². The first-order chi connectivity index (χ1) is 10.2. The van der Waals surface area contributed by atoms with E-state index in [2.05, 4.69) is 10.3 Å². The molecule has 1 aliphatic carbocycles. The highest BCUT2D eigenvalue weighted by atomic mass is 32.1. The normalized spacial score (nSPS) is 13.6. The summed E-state index contributed by atoms with van der Waals surface area (Å²) >= 11 is 1.55. The van der Waals surface area contributed by atoms with Crippen molar-refractivity contribution in [2.45, 2.75) is 25.7 Å². The molecule has 1 aliphatic rings. The van der Waals surface area contributed by atoms with Crippen LogP contribution in [0.3, 0.4) is 0 Å². The number of amides is 1. The van der Waals surface area contributed by atoms with Gasteiger partial charge in [-0.15, -0.1) is 11.3 Å². The van der Waals surface area contributed by atoms with Crippen molar-refractivity contribution in [1.82, 2.24) is 4.98 Å². The number of carbonyl (C=O) groups excluding carboxylic acids is 1. The molecule has 0 atom stereocenters. The lowest BCUT2D eigenvalue weighted by Gasteiger charge is -2.10. The van der Waals surface area contributed by atoms with Gasteiger partial charge in [0.15, 0.2) is 5.13 Å². The number of carbonyl (C=O) groups is 1. The van der Waals surface area contributed by atoms with Crippen LogP contribution < -0.4 is 15.8 Å². The van der Waals surface area contributed by atoms with E-state index in [1.807, 2.05) is 0 Å². The quantitative estimate of drug-likeness (QED) is 0.855. The number of ether oxygens (including phenoxy) is 1. The second-order valence-corrected chi connectivity index (χ2v) is 6.06. The van der Waals surface area contributed by atoms with Crippen LogP contribution in [0, 0.1) is 0 Å². The number of nitrogens with zero attached hydrogens (tertiary/aromatic N) is 1. The number of methoxy groups -OCH3 is 1. The molecule has 0 aliphatic heterocycles. The van der Waals surface area contributed by atoms with E-state index in [1.165, 1.54) is 24.8 Å². The van der Waals surface area contributed by atoms with Gasteiger partial charge < -0.3 is 10.5 Å². The van der Waals surface area contributed by atoms with E-state index in [-0.39, 0.29) is 5.91 Å². The minimum absolute atomic E-state index is 0.281. The number of aryl methyl sites for hydroxylation is 2. The maximum Gasteiger partial charge on any atom is 0.263 e. The molecule has 0 saturated carbocycles. The SMILES string of the molecule is COc1cccc(N)c1C(=O)Nc1nc2c(s1)CCCC2. The average molecular weight is 303 g/mol. The largest absolute Gasteiger partial charge is 0.496 e. The predicted molar refractivity (Wildman–Crippen MR) is 84.1 cm³/mol. The summed E-state index contributed by atoms with van der Waals surface area (Å²) in [4.78, 5) is 18.2. The third-order valence-electron chi connectivity index (χ3n) is 3.57. The van der Waals surface area contributed by atoms with E-state index in [0.29, 0.717) is 22.1 Å². The van der Waals surface area contributed by atoms with Gasteiger partial charge >= 0.3 is 0 Å². The van der Waals surface area contributed by atoms with Gasteiger partial charge in [0.25, 0.3) is 5.91 Å². The van der Waals surface area contributed by atoms with Crippen LogP contribution in [-0.2, 0) is 12.8 Å². The first kappa shape index (κ1) is 13.9. The zero-order chi connectivity index (χ0) is 14.8. The molecule has 2 aromatic rings. The van der Waals surface area contributed by atoms with Gasteiger partial charge in [-0.25, -0.2) is 4.98 Å². The lowest BCUT2D eigenvalue weighted by molar-refractivity contribution is 0.102. The van der Waals surface area contributed by atoms with Gasteiger partial charge in [0.2, 0.25) is 0 Å². The molecule has 3 N–H and O–H groups in total. The number of benzene rings is 1. The number of thiazole rings is 1. The van der Waals surface area contributed by atoms with Crippen molar-refractivity contribution in [3.05, 3.63) is 34.3 Å². The first-order valence-corrected chi connectivity index (χ1v) is 7.73. The number of hydrogen-bond donors (Lipinski definition) is 2.